The molecular formula is C14H18INO3. The Morgan fingerprint density at radius 2 is 2.26 bits per heavy atom. The summed E-state index contributed by atoms with van der Waals surface area (Å²) in [5.74, 6) is 0.586. The van der Waals surface area contributed by atoms with Crippen LogP contribution in [0.4, 0.5) is 0 Å². The van der Waals surface area contributed by atoms with Crippen molar-refractivity contribution >= 4 is 28.5 Å². The van der Waals surface area contributed by atoms with Gasteiger partial charge in [0.15, 0.2) is 0 Å². The first-order valence-electron chi connectivity index (χ1n) is 6.39. The van der Waals surface area contributed by atoms with Gasteiger partial charge in [-0.1, -0.05) is 0 Å². The van der Waals surface area contributed by atoms with E-state index in [0.29, 0.717) is 18.7 Å². The molecule has 1 fully saturated rings. The zero-order valence-electron chi connectivity index (χ0n) is 10.9. The number of benzene rings is 1. The minimum atomic E-state index is -0.175. The van der Waals surface area contributed by atoms with Crippen molar-refractivity contribution in [1.82, 2.24) is 4.90 Å². The van der Waals surface area contributed by atoms with Gasteiger partial charge in [0.05, 0.1) is 12.2 Å². The number of ether oxygens (including phenoxy) is 1. The summed E-state index contributed by atoms with van der Waals surface area (Å²) >= 11 is 2.12. The summed E-state index contributed by atoms with van der Waals surface area (Å²) < 4.78 is 6.44. The topological polar surface area (TPSA) is 49.8 Å². The SMILES string of the molecule is CN(CCOCC1CC1)C(=O)c1cc(I)ccc1O. The average Bonchev–Trinajstić information content (AvgIpc) is 3.20. The summed E-state index contributed by atoms with van der Waals surface area (Å²) in [6.07, 6.45) is 2.54. The fourth-order valence-electron chi connectivity index (χ4n) is 1.72. The molecular weight excluding hydrogens is 357 g/mol. The van der Waals surface area contributed by atoms with Crippen LogP contribution in [-0.2, 0) is 4.74 Å². The first-order chi connectivity index (χ1) is 9.08. The van der Waals surface area contributed by atoms with Crippen molar-refractivity contribution in [1.29, 1.82) is 0 Å². The third kappa shape index (κ3) is 4.35. The summed E-state index contributed by atoms with van der Waals surface area (Å²) in [4.78, 5) is 13.7. The number of aromatic hydroxyl groups is 1. The fraction of sp³-hybridized carbons (Fsp3) is 0.500. The van der Waals surface area contributed by atoms with Gasteiger partial charge in [0.2, 0.25) is 0 Å². The molecule has 1 aliphatic carbocycles. The molecule has 4 nitrogen and oxygen atoms in total. The van der Waals surface area contributed by atoms with Crippen molar-refractivity contribution in [3.63, 3.8) is 0 Å². The van der Waals surface area contributed by atoms with Gasteiger partial charge in [0.25, 0.3) is 5.91 Å². The molecule has 0 atom stereocenters. The lowest BCUT2D eigenvalue weighted by Gasteiger charge is -2.18. The second-order valence-corrected chi connectivity index (χ2v) is 6.15. The molecule has 1 saturated carbocycles. The molecule has 5 heteroatoms. The van der Waals surface area contributed by atoms with Gasteiger partial charge in [-0.05, 0) is 59.5 Å². The maximum absolute atomic E-state index is 12.2. The Morgan fingerprint density at radius 1 is 1.53 bits per heavy atom. The molecule has 1 aromatic carbocycles. The van der Waals surface area contributed by atoms with E-state index in [0.717, 1.165) is 16.1 Å². The number of carbonyl (C=O) groups is 1. The van der Waals surface area contributed by atoms with Crippen LogP contribution in [0.5, 0.6) is 5.75 Å². The molecule has 2 rings (SSSR count). The summed E-state index contributed by atoms with van der Waals surface area (Å²) in [6, 6.07) is 5.01. The van der Waals surface area contributed by atoms with Crippen molar-refractivity contribution in [2.75, 3.05) is 26.8 Å². The molecule has 1 aromatic rings. The number of phenols is 1. The second kappa shape index (κ2) is 6.56. The highest BCUT2D eigenvalue weighted by Crippen LogP contribution is 2.28. The Labute approximate surface area is 126 Å². The fourth-order valence-corrected chi connectivity index (χ4v) is 2.21. The van der Waals surface area contributed by atoms with E-state index in [4.69, 9.17) is 4.74 Å². The molecule has 104 valence electrons. The monoisotopic (exact) mass is 375 g/mol. The number of carbonyl (C=O) groups excluding carboxylic acids is 1. The number of phenolic OH excluding ortho intramolecular Hbond substituents is 1. The molecule has 0 radical (unpaired) electrons. The highest BCUT2D eigenvalue weighted by molar-refractivity contribution is 14.1. The Morgan fingerprint density at radius 3 is 2.95 bits per heavy atom. The van der Waals surface area contributed by atoms with Crippen LogP contribution in [0.15, 0.2) is 18.2 Å². The Hall–Kier alpha value is -0.820. The Bertz CT molecular complexity index is 460. The zero-order valence-corrected chi connectivity index (χ0v) is 13.1. The largest absolute Gasteiger partial charge is 0.507 e. The van der Waals surface area contributed by atoms with Gasteiger partial charge in [-0.3, -0.25) is 4.79 Å². The van der Waals surface area contributed by atoms with E-state index in [-0.39, 0.29) is 11.7 Å². The lowest BCUT2D eigenvalue weighted by Crippen LogP contribution is -2.30. The third-order valence-corrected chi connectivity index (χ3v) is 3.83. The van der Waals surface area contributed by atoms with Gasteiger partial charge in [-0.2, -0.15) is 0 Å². The molecule has 0 heterocycles. The first-order valence-corrected chi connectivity index (χ1v) is 7.47. The van der Waals surface area contributed by atoms with Crippen molar-refractivity contribution in [3.05, 3.63) is 27.3 Å². The van der Waals surface area contributed by atoms with E-state index in [1.165, 1.54) is 12.8 Å². The molecule has 0 aliphatic heterocycles. The van der Waals surface area contributed by atoms with Gasteiger partial charge in [0, 0.05) is 23.8 Å². The van der Waals surface area contributed by atoms with Crippen LogP contribution in [0.3, 0.4) is 0 Å². The molecule has 0 saturated heterocycles. The molecule has 0 spiro atoms. The summed E-state index contributed by atoms with van der Waals surface area (Å²) in [5, 5.41) is 9.72. The Kier molecular flexibility index (Phi) is 5.04. The van der Waals surface area contributed by atoms with Crippen molar-refractivity contribution < 1.29 is 14.6 Å². The minimum Gasteiger partial charge on any atom is -0.507 e. The van der Waals surface area contributed by atoms with Crippen molar-refractivity contribution in [2.45, 2.75) is 12.8 Å². The first kappa shape index (κ1) is 14.6. The number of amides is 1. The summed E-state index contributed by atoms with van der Waals surface area (Å²) in [5.41, 5.74) is 0.344. The standard InChI is InChI=1S/C14H18INO3/c1-16(6-7-19-9-10-2-3-10)14(18)12-8-11(15)4-5-13(12)17/h4-5,8,10,17H,2-3,6-7,9H2,1H3. The highest BCUT2D eigenvalue weighted by atomic mass is 127. The maximum atomic E-state index is 12.2. The van der Waals surface area contributed by atoms with Gasteiger partial charge < -0.3 is 14.7 Å². The average molecular weight is 375 g/mol. The van der Waals surface area contributed by atoms with Crippen LogP contribution in [0.2, 0.25) is 0 Å². The van der Waals surface area contributed by atoms with Crippen LogP contribution < -0.4 is 0 Å². The number of hydrogen-bond donors (Lipinski definition) is 1. The predicted molar refractivity (Wildman–Crippen MR) is 81.3 cm³/mol. The molecule has 0 bridgehead atoms. The zero-order chi connectivity index (χ0) is 13.8. The van der Waals surface area contributed by atoms with Gasteiger partial charge in [-0.15, -0.1) is 0 Å². The molecule has 0 aromatic heterocycles. The van der Waals surface area contributed by atoms with Crippen LogP contribution in [0.25, 0.3) is 0 Å². The number of nitrogens with zero attached hydrogens (tertiary/aromatic N) is 1. The summed E-state index contributed by atoms with van der Waals surface area (Å²) in [6.45, 7) is 1.89. The number of rotatable bonds is 6. The molecule has 1 aliphatic rings. The van der Waals surface area contributed by atoms with Crippen molar-refractivity contribution in [2.24, 2.45) is 5.92 Å². The van der Waals surface area contributed by atoms with Crippen LogP contribution >= 0.6 is 22.6 Å². The highest BCUT2D eigenvalue weighted by Gasteiger charge is 2.21. The minimum absolute atomic E-state index is 0.0242. The third-order valence-electron chi connectivity index (χ3n) is 3.16. The normalized spacial score (nSPS) is 14.4. The molecule has 1 amide bonds. The second-order valence-electron chi connectivity index (χ2n) is 4.91. The smallest absolute Gasteiger partial charge is 0.257 e. The number of halogens is 1. The molecule has 19 heavy (non-hydrogen) atoms. The summed E-state index contributed by atoms with van der Waals surface area (Å²) in [7, 11) is 1.72. The van der Waals surface area contributed by atoms with Gasteiger partial charge >= 0.3 is 0 Å². The lowest BCUT2D eigenvalue weighted by molar-refractivity contribution is 0.0678. The Balaban J connectivity index is 1.84. The van der Waals surface area contributed by atoms with E-state index in [1.54, 1.807) is 30.1 Å². The predicted octanol–water partition coefficient (Wildman–Crippen LogP) is 2.50. The van der Waals surface area contributed by atoms with Gasteiger partial charge in [0.1, 0.15) is 5.75 Å². The van der Waals surface area contributed by atoms with Crippen LogP contribution in [0.1, 0.15) is 23.2 Å². The lowest BCUT2D eigenvalue weighted by atomic mass is 10.2. The maximum Gasteiger partial charge on any atom is 0.257 e. The van der Waals surface area contributed by atoms with E-state index < -0.39 is 0 Å². The molecule has 0 unspecified atom stereocenters. The van der Waals surface area contributed by atoms with Gasteiger partial charge in [-0.25, -0.2) is 0 Å². The van der Waals surface area contributed by atoms with Crippen LogP contribution in [0, 0.1) is 9.49 Å². The number of hydrogen-bond acceptors (Lipinski definition) is 3. The number of likely N-dealkylation sites (N-methyl/N-ethyl adjacent to an activating group) is 1. The van der Waals surface area contributed by atoms with Crippen molar-refractivity contribution in [3.8, 4) is 5.75 Å². The van der Waals surface area contributed by atoms with Crippen LogP contribution in [-0.4, -0.2) is 42.7 Å². The quantitative estimate of drug-likeness (QED) is 0.614. The van der Waals surface area contributed by atoms with E-state index in [9.17, 15) is 9.90 Å². The molecule has 1 N–H and O–H groups in total. The van der Waals surface area contributed by atoms with E-state index in [1.807, 2.05) is 0 Å². The van der Waals surface area contributed by atoms with E-state index >= 15 is 0 Å². The van der Waals surface area contributed by atoms with E-state index in [2.05, 4.69) is 22.6 Å².